The van der Waals surface area contributed by atoms with Gasteiger partial charge in [0.1, 0.15) is 0 Å². The Kier molecular flexibility index (Phi) is 3.01. The Morgan fingerprint density at radius 2 is 2.33 bits per heavy atom. The van der Waals surface area contributed by atoms with Crippen LogP contribution in [0, 0.1) is 12.3 Å². The van der Waals surface area contributed by atoms with Crippen molar-refractivity contribution in [3.63, 3.8) is 0 Å². The van der Waals surface area contributed by atoms with Gasteiger partial charge in [0.05, 0.1) is 0 Å². The van der Waals surface area contributed by atoms with E-state index in [1.807, 2.05) is 24.5 Å². The molecule has 60 valence electrons. The fraction of sp³-hybridized carbons (Fsp3) is 0.0909. The fourth-order valence-corrected chi connectivity index (χ4v) is 1.41. The first-order valence-electron chi connectivity index (χ1n) is 3.59. The lowest BCUT2D eigenvalue weighted by Crippen LogP contribution is -1.81. The van der Waals surface area contributed by atoms with Crippen LogP contribution in [0.4, 0.5) is 0 Å². The summed E-state index contributed by atoms with van der Waals surface area (Å²) in [4.78, 5) is 1.19. The van der Waals surface area contributed by atoms with Crippen LogP contribution in [0.25, 0.3) is 6.08 Å². The summed E-state index contributed by atoms with van der Waals surface area (Å²) < 4.78 is 0. The van der Waals surface area contributed by atoms with Gasteiger partial charge in [-0.1, -0.05) is 24.6 Å². The summed E-state index contributed by atoms with van der Waals surface area (Å²) in [7, 11) is 0. The molecule has 0 atom stereocenters. The average Bonchev–Trinajstić information content (AvgIpc) is 2.16. The predicted octanol–water partition coefficient (Wildman–Crippen LogP) is 3.03. The third-order valence-corrected chi connectivity index (χ3v) is 2.36. The van der Waals surface area contributed by atoms with Crippen LogP contribution >= 0.6 is 11.8 Å². The molecule has 1 aromatic carbocycles. The number of terminal acetylenes is 1. The topological polar surface area (TPSA) is 0 Å². The van der Waals surface area contributed by atoms with Gasteiger partial charge < -0.3 is 0 Å². The van der Waals surface area contributed by atoms with Gasteiger partial charge in [-0.25, -0.2) is 0 Å². The van der Waals surface area contributed by atoms with E-state index in [0.29, 0.717) is 0 Å². The highest BCUT2D eigenvalue weighted by atomic mass is 32.2. The molecule has 0 aliphatic heterocycles. The summed E-state index contributed by atoms with van der Waals surface area (Å²) in [5.41, 5.74) is 1.94. The smallest absolute Gasteiger partial charge is 0.0325 e. The standard InChI is InChI=1S/C11H10S/c1-4-9-6-7-11(12-3)8-10(9)5-2/h2,4,6-8H,1H2,3H3. The van der Waals surface area contributed by atoms with Gasteiger partial charge in [0.15, 0.2) is 0 Å². The van der Waals surface area contributed by atoms with Crippen LogP contribution < -0.4 is 0 Å². The first kappa shape index (κ1) is 8.96. The van der Waals surface area contributed by atoms with E-state index in [4.69, 9.17) is 6.42 Å². The summed E-state index contributed by atoms with van der Waals surface area (Å²) in [6, 6.07) is 6.04. The number of hydrogen-bond acceptors (Lipinski definition) is 1. The Bertz CT molecular complexity index is 331. The van der Waals surface area contributed by atoms with Crippen LogP contribution in [0.5, 0.6) is 0 Å². The van der Waals surface area contributed by atoms with Crippen LogP contribution in [-0.2, 0) is 0 Å². The van der Waals surface area contributed by atoms with E-state index in [1.165, 1.54) is 4.90 Å². The van der Waals surface area contributed by atoms with Crippen LogP contribution in [0.3, 0.4) is 0 Å². The summed E-state index contributed by atoms with van der Waals surface area (Å²) in [5, 5.41) is 0. The monoisotopic (exact) mass is 174 g/mol. The normalized spacial score (nSPS) is 9.00. The van der Waals surface area contributed by atoms with Crippen LogP contribution in [0.2, 0.25) is 0 Å². The maximum atomic E-state index is 5.34. The maximum Gasteiger partial charge on any atom is 0.0325 e. The van der Waals surface area contributed by atoms with Gasteiger partial charge in [-0.15, -0.1) is 18.2 Å². The minimum absolute atomic E-state index is 0.914. The van der Waals surface area contributed by atoms with Crippen LogP contribution in [-0.4, -0.2) is 6.26 Å². The predicted molar refractivity (Wildman–Crippen MR) is 56.2 cm³/mol. The van der Waals surface area contributed by atoms with Crippen molar-refractivity contribution in [2.75, 3.05) is 6.26 Å². The number of thioether (sulfide) groups is 1. The van der Waals surface area contributed by atoms with Crippen molar-refractivity contribution in [1.82, 2.24) is 0 Å². The van der Waals surface area contributed by atoms with Crippen LogP contribution in [0.15, 0.2) is 29.7 Å². The second kappa shape index (κ2) is 4.04. The van der Waals surface area contributed by atoms with Gasteiger partial charge in [0, 0.05) is 10.5 Å². The third kappa shape index (κ3) is 1.72. The molecule has 1 rings (SSSR count). The Balaban J connectivity index is 3.22. The first-order chi connectivity index (χ1) is 5.81. The molecule has 0 unspecified atom stereocenters. The van der Waals surface area contributed by atoms with Gasteiger partial charge >= 0.3 is 0 Å². The zero-order chi connectivity index (χ0) is 8.97. The van der Waals surface area contributed by atoms with Gasteiger partial charge in [-0.2, -0.15) is 0 Å². The summed E-state index contributed by atoms with van der Waals surface area (Å²) in [5.74, 6) is 2.64. The molecule has 0 saturated heterocycles. The van der Waals surface area contributed by atoms with E-state index in [2.05, 4.69) is 12.5 Å². The fourth-order valence-electron chi connectivity index (χ4n) is 0.965. The lowest BCUT2D eigenvalue weighted by Gasteiger charge is -2.00. The summed E-state index contributed by atoms with van der Waals surface area (Å²) in [6.45, 7) is 3.69. The van der Waals surface area contributed by atoms with Crippen molar-refractivity contribution in [3.8, 4) is 12.3 Å². The van der Waals surface area contributed by atoms with Crippen molar-refractivity contribution in [1.29, 1.82) is 0 Å². The molecule has 0 radical (unpaired) electrons. The van der Waals surface area contributed by atoms with E-state index >= 15 is 0 Å². The van der Waals surface area contributed by atoms with E-state index in [-0.39, 0.29) is 0 Å². The van der Waals surface area contributed by atoms with E-state index in [1.54, 1.807) is 17.8 Å². The van der Waals surface area contributed by atoms with Crippen molar-refractivity contribution in [2.45, 2.75) is 4.90 Å². The van der Waals surface area contributed by atoms with Crippen molar-refractivity contribution < 1.29 is 0 Å². The van der Waals surface area contributed by atoms with Gasteiger partial charge in [0.2, 0.25) is 0 Å². The third-order valence-electron chi connectivity index (χ3n) is 1.64. The van der Waals surface area contributed by atoms with Gasteiger partial charge in [-0.3, -0.25) is 0 Å². The highest BCUT2D eigenvalue weighted by molar-refractivity contribution is 7.98. The van der Waals surface area contributed by atoms with Crippen LogP contribution in [0.1, 0.15) is 11.1 Å². The quantitative estimate of drug-likeness (QED) is 0.490. The zero-order valence-electron chi connectivity index (χ0n) is 7.00. The Morgan fingerprint density at radius 3 is 2.83 bits per heavy atom. The molecule has 0 aromatic heterocycles. The number of benzene rings is 1. The van der Waals surface area contributed by atoms with Gasteiger partial charge in [-0.05, 0) is 24.0 Å². The average molecular weight is 174 g/mol. The van der Waals surface area contributed by atoms with Crippen molar-refractivity contribution in [2.24, 2.45) is 0 Å². The molecule has 1 aromatic rings. The molecule has 0 nitrogen and oxygen atoms in total. The summed E-state index contributed by atoms with van der Waals surface area (Å²) in [6.07, 6.45) is 9.15. The molecule has 0 N–H and O–H groups in total. The first-order valence-corrected chi connectivity index (χ1v) is 4.81. The molecule has 0 saturated carbocycles. The highest BCUT2D eigenvalue weighted by Crippen LogP contribution is 2.19. The van der Waals surface area contributed by atoms with E-state index in [9.17, 15) is 0 Å². The number of rotatable bonds is 2. The molecule has 0 spiro atoms. The molecule has 0 aliphatic rings. The largest absolute Gasteiger partial charge is 0.130 e. The second-order valence-electron chi connectivity index (χ2n) is 2.30. The summed E-state index contributed by atoms with van der Waals surface area (Å²) >= 11 is 1.69. The van der Waals surface area contributed by atoms with Gasteiger partial charge in [0.25, 0.3) is 0 Å². The molecule has 0 bridgehead atoms. The minimum atomic E-state index is 0.914. The van der Waals surface area contributed by atoms with E-state index < -0.39 is 0 Å². The minimum Gasteiger partial charge on any atom is -0.130 e. The SMILES string of the molecule is C#Cc1cc(SC)ccc1C=C. The molecular weight excluding hydrogens is 164 g/mol. The second-order valence-corrected chi connectivity index (χ2v) is 3.18. The Labute approximate surface area is 77.7 Å². The van der Waals surface area contributed by atoms with Crippen molar-refractivity contribution in [3.05, 3.63) is 35.9 Å². The molecule has 0 fully saturated rings. The Morgan fingerprint density at radius 1 is 1.58 bits per heavy atom. The lowest BCUT2D eigenvalue weighted by molar-refractivity contribution is 1.43. The Hall–Kier alpha value is -1.13. The lowest BCUT2D eigenvalue weighted by atomic mass is 10.1. The maximum absolute atomic E-state index is 5.34. The highest BCUT2D eigenvalue weighted by Gasteiger charge is 1.96. The molecule has 0 heterocycles. The molecule has 0 aliphatic carbocycles. The molecule has 1 heteroatoms. The molecular formula is C11H10S. The molecule has 12 heavy (non-hydrogen) atoms. The zero-order valence-corrected chi connectivity index (χ0v) is 7.82. The van der Waals surface area contributed by atoms with E-state index in [0.717, 1.165) is 11.1 Å². The number of hydrogen-bond donors (Lipinski definition) is 0. The molecule has 0 amide bonds. The van der Waals surface area contributed by atoms with Crippen molar-refractivity contribution >= 4 is 17.8 Å².